The van der Waals surface area contributed by atoms with Crippen LogP contribution >= 0.6 is 0 Å². The van der Waals surface area contributed by atoms with Gasteiger partial charge in [-0.1, -0.05) is 17.3 Å². The molecule has 2 aromatic heterocycles. The number of aromatic nitrogens is 5. The number of rotatable bonds is 4. The summed E-state index contributed by atoms with van der Waals surface area (Å²) in [5.41, 5.74) is 1.14. The first-order chi connectivity index (χ1) is 14.9. The molecule has 2 aliphatic rings. The third kappa shape index (κ3) is 3.51. The number of aryl methyl sites for hydroxylation is 1. The van der Waals surface area contributed by atoms with E-state index in [0.717, 1.165) is 10.4 Å². The number of ketones is 1. The fourth-order valence-corrected chi connectivity index (χ4v) is 4.21. The Kier molecular flexibility index (Phi) is 4.45. The van der Waals surface area contributed by atoms with Gasteiger partial charge in [-0.25, -0.2) is 0 Å². The maximum Gasteiger partial charge on any atom is 0.327 e. The number of carbonyl (C=O) groups excluding carboxylic acids is 1. The lowest BCUT2D eigenvalue weighted by atomic mass is 9.81. The lowest BCUT2D eigenvalue weighted by Gasteiger charge is -2.44. The second kappa shape index (κ2) is 7.18. The highest BCUT2D eigenvalue weighted by Crippen LogP contribution is 2.41. The second-order valence-electron chi connectivity index (χ2n) is 7.91. The molecule has 0 bridgehead atoms. The fourth-order valence-electron chi connectivity index (χ4n) is 4.21. The van der Waals surface area contributed by atoms with Crippen LogP contribution in [0.15, 0.2) is 28.8 Å². The van der Waals surface area contributed by atoms with Crippen molar-refractivity contribution in [2.45, 2.75) is 38.3 Å². The normalized spacial score (nSPS) is 17.5. The van der Waals surface area contributed by atoms with E-state index in [1.807, 2.05) is 25.1 Å². The van der Waals surface area contributed by atoms with Crippen molar-refractivity contribution in [3.8, 4) is 17.3 Å². The number of hydrogen-bond acceptors (Lipinski definition) is 9. The summed E-state index contributed by atoms with van der Waals surface area (Å²) in [6, 6.07) is 7.40. The maximum atomic E-state index is 12.8. The van der Waals surface area contributed by atoms with E-state index in [-0.39, 0.29) is 18.2 Å². The average molecular weight is 424 g/mol. The number of carboxylic acid groups (broad SMARTS) is 1. The number of ether oxygens (including phenoxy) is 1. The van der Waals surface area contributed by atoms with Crippen LogP contribution in [0.1, 0.15) is 35.2 Å². The highest BCUT2D eigenvalue weighted by atomic mass is 16.5. The van der Waals surface area contributed by atoms with Crippen LogP contribution in [0.25, 0.3) is 11.6 Å². The van der Waals surface area contributed by atoms with Gasteiger partial charge in [-0.3, -0.25) is 9.59 Å². The van der Waals surface area contributed by atoms with Crippen molar-refractivity contribution in [2.75, 3.05) is 18.0 Å². The Morgan fingerprint density at radius 3 is 2.87 bits per heavy atom. The lowest BCUT2D eigenvalue weighted by molar-refractivity contribution is -0.138. The molecule has 11 nitrogen and oxygen atoms in total. The molecule has 4 heterocycles. The number of hydrogen-bond donors (Lipinski definition) is 1. The number of fused-ring (bicyclic) bond motifs is 1. The van der Waals surface area contributed by atoms with Crippen LogP contribution in [0.3, 0.4) is 0 Å². The summed E-state index contributed by atoms with van der Waals surface area (Å²) in [7, 11) is 0. The number of piperidine rings is 1. The number of aliphatic carboxylic acids is 1. The van der Waals surface area contributed by atoms with E-state index in [1.54, 1.807) is 6.07 Å². The number of tetrazole rings is 1. The highest BCUT2D eigenvalue weighted by Gasteiger charge is 2.43. The molecule has 1 fully saturated rings. The van der Waals surface area contributed by atoms with E-state index in [0.29, 0.717) is 55.2 Å². The quantitative estimate of drug-likeness (QED) is 0.659. The minimum absolute atomic E-state index is 0.132. The molecule has 11 heteroatoms. The molecular weight excluding hydrogens is 404 g/mol. The first-order valence-corrected chi connectivity index (χ1v) is 9.96. The van der Waals surface area contributed by atoms with Gasteiger partial charge < -0.3 is 19.3 Å². The molecule has 0 saturated carbocycles. The fraction of sp³-hybridized carbons (Fsp3) is 0.400. The van der Waals surface area contributed by atoms with Crippen molar-refractivity contribution in [1.82, 2.24) is 25.4 Å². The Labute approximate surface area is 176 Å². The number of anilines is 1. The van der Waals surface area contributed by atoms with E-state index in [9.17, 15) is 9.59 Å². The van der Waals surface area contributed by atoms with Gasteiger partial charge in [-0.05, 0) is 23.8 Å². The first kappa shape index (κ1) is 19.2. The van der Waals surface area contributed by atoms with Gasteiger partial charge in [0.1, 0.15) is 11.4 Å². The van der Waals surface area contributed by atoms with Crippen LogP contribution in [0.5, 0.6) is 5.75 Å². The third-order valence-electron chi connectivity index (χ3n) is 5.77. The predicted molar refractivity (Wildman–Crippen MR) is 106 cm³/mol. The van der Waals surface area contributed by atoms with E-state index >= 15 is 0 Å². The van der Waals surface area contributed by atoms with Gasteiger partial charge in [0.2, 0.25) is 11.6 Å². The molecule has 0 unspecified atom stereocenters. The van der Waals surface area contributed by atoms with Crippen molar-refractivity contribution < 1.29 is 24.0 Å². The predicted octanol–water partition coefficient (Wildman–Crippen LogP) is 1.73. The SMILES string of the molecule is Cc1cccc2c1C(=O)CC1(CCN(c3cc(-c4nnn(CC(=O)O)n4)on3)CC1)O2. The van der Waals surface area contributed by atoms with Crippen LogP contribution in [-0.2, 0) is 11.3 Å². The van der Waals surface area contributed by atoms with Crippen LogP contribution in [0.2, 0.25) is 0 Å². The van der Waals surface area contributed by atoms with Crippen molar-refractivity contribution >= 4 is 17.6 Å². The van der Waals surface area contributed by atoms with Gasteiger partial charge in [0.15, 0.2) is 18.1 Å². The van der Waals surface area contributed by atoms with Gasteiger partial charge in [-0.2, -0.15) is 4.80 Å². The molecule has 1 aromatic carbocycles. The molecule has 0 aliphatic carbocycles. The zero-order valence-electron chi connectivity index (χ0n) is 16.8. The molecule has 1 N–H and O–H groups in total. The molecular formula is C20H20N6O5. The molecule has 1 saturated heterocycles. The number of nitrogens with zero attached hydrogens (tertiary/aromatic N) is 6. The number of carbonyl (C=O) groups is 2. The van der Waals surface area contributed by atoms with Crippen LogP contribution < -0.4 is 9.64 Å². The summed E-state index contributed by atoms with van der Waals surface area (Å²) in [5, 5.41) is 24.4. The first-order valence-electron chi connectivity index (χ1n) is 9.96. The third-order valence-corrected chi connectivity index (χ3v) is 5.77. The molecule has 160 valence electrons. The minimum atomic E-state index is -1.06. The van der Waals surface area contributed by atoms with E-state index in [2.05, 4.69) is 25.5 Å². The molecule has 5 rings (SSSR count). The summed E-state index contributed by atoms with van der Waals surface area (Å²) < 4.78 is 11.7. The van der Waals surface area contributed by atoms with Crippen LogP contribution in [0, 0.1) is 6.92 Å². The average Bonchev–Trinajstić information content (AvgIpc) is 3.37. The van der Waals surface area contributed by atoms with Gasteiger partial charge in [0, 0.05) is 32.0 Å². The monoisotopic (exact) mass is 424 g/mol. The Balaban J connectivity index is 1.28. The molecule has 0 radical (unpaired) electrons. The molecule has 0 atom stereocenters. The van der Waals surface area contributed by atoms with Crippen molar-refractivity contribution in [1.29, 1.82) is 0 Å². The van der Waals surface area contributed by atoms with E-state index in [1.165, 1.54) is 0 Å². The summed E-state index contributed by atoms with van der Waals surface area (Å²) >= 11 is 0. The van der Waals surface area contributed by atoms with Gasteiger partial charge in [0.25, 0.3) is 0 Å². The topological polar surface area (TPSA) is 136 Å². The Bertz CT molecular complexity index is 1160. The van der Waals surface area contributed by atoms with Crippen LogP contribution in [-0.4, -0.2) is 60.9 Å². The van der Waals surface area contributed by atoms with Crippen LogP contribution in [0.4, 0.5) is 5.82 Å². The van der Waals surface area contributed by atoms with Gasteiger partial charge >= 0.3 is 5.97 Å². The molecule has 0 amide bonds. The number of benzene rings is 1. The number of Topliss-reactive ketones (excluding diaryl/α,β-unsaturated/α-hetero) is 1. The van der Waals surface area contributed by atoms with Gasteiger partial charge in [-0.15, -0.1) is 10.2 Å². The zero-order chi connectivity index (χ0) is 21.6. The molecule has 1 spiro atoms. The second-order valence-corrected chi connectivity index (χ2v) is 7.91. The zero-order valence-corrected chi connectivity index (χ0v) is 16.8. The number of carboxylic acids is 1. The Morgan fingerprint density at radius 2 is 2.10 bits per heavy atom. The summed E-state index contributed by atoms with van der Waals surface area (Å²) in [6.07, 6.45) is 1.74. The smallest absolute Gasteiger partial charge is 0.327 e. The van der Waals surface area contributed by atoms with Crippen molar-refractivity contribution in [2.24, 2.45) is 0 Å². The Hall–Kier alpha value is -3.76. The van der Waals surface area contributed by atoms with Gasteiger partial charge in [0.05, 0.1) is 12.0 Å². The van der Waals surface area contributed by atoms with Crippen molar-refractivity contribution in [3.05, 3.63) is 35.4 Å². The summed E-state index contributed by atoms with van der Waals surface area (Å²) in [5.74, 6) is 0.835. The van der Waals surface area contributed by atoms with E-state index < -0.39 is 11.6 Å². The highest BCUT2D eigenvalue weighted by molar-refractivity contribution is 6.01. The Morgan fingerprint density at radius 1 is 1.29 bits per heavy atom. The molecule has 2 aliphatic heterocycles. The van der Waals surface area contributed by atoms with E-state index in [4.69, 9.17) is 14.4 Å². The molecule has 3 aromatic rings. The lowest BCUT2D eigenvalue weighted by Crippen LogP contribution is -2.51. The largest absolute Gasteiger partial charge is 0.486 e. The molecule has 31 heavy (non-hydrogen) atoms. The summed E-state index contributed by atoms with van der Waals surface area (Å²) in [6.45, 7) is 2.85. The van der Waals surface area contributed by atoms with Crippen molar-refractivity contribution in [3.63, 3.8) is 0 Å². The minimum Gasteiger partial charge on any atom is -0.486 e. The standard InChI is InChI=1S/C20H20N6O5/c1-12-3-2-4-14-18(12)13(27)10-20(30-14)5-7-25(8-6-20)16-9-15(31-23-16)19-21-24-26(22-19)11-17(28)29/h2-4,9H,5-8,10-11H2,1H3,(H,28,29). The maximum absolute atomic E-state index is 12.8. The summed E-state index contributed by atoms with van der Waals surface area (Å²) in [4.78, 5) is 26.6.